The van der Waals surface area contributed by atoms with Gasteiger partial charge in [-0.15, -0.1) is 4.85 Å². The molecule has 0 aliphatic heterocycles. The van der Waals surface area contributed by atoms with Gasteiger partial charge in [-0.25, -0.2) is 0 Å². The molecule has 4 nitrogen and oxygen atoms in total. The molecule has 1 heterocycles. The van der Waals surface area contributed by atoms with Crippen LogP contribution in [0, 0.1) is 17.0 Å². The van der Waals surface area contributed by atoms with Crippen LogP contribution in [0.5, 0.6) is 0 Å². The van der Waals surface area contributed by atoms with E-state index in [1.165, 1.54) is 64.2 Å². The van der Waals surface area contributed by atoms with Gasteiger partial charge in [-0.05, 0) is 54.4 Å². The smallest absolute Gasteiger partial charge is 0.223 e. The molecule has 4 heteroatoms. The van der Waals surface area contributed by atoms with E-state index in [1.807, 2.05) is 30.3 Å². The third-order valence-electron chi connectivity index (χ3n) is 6.35. The van der Waals surface area contributed by atoms with Crippen LogP contribution >= 0.6 is 0 Å². The van der Waals surface area contributed by atoms with E-state index in [0.717, 1.165) is 34.8 Å². The Hall–Kier alpha value is -1.84. The van der Waals surface area contributed by atoms with E-state index in [-0.39, 0.29) is 0 Å². The van der Waals surface area contributed by atoms with Crippen LogP contribution in [0.25, 0.3) is 5.69 Å². The van der Waals surface area contributed by atoms with Gasteiger partial charge in [0, 0.05) is 17.9 Å². The summed E-state index contributed by atoms with van der Waals surface area (Å²) in [5.41, 5.74) is 2.86. The highest BCUT2D eigenvalue weighted by molar-refractivity contribution is 5.28. The molecular weight excluding hydrogens is 322 g/mol. The number of hydrogen-bond acceptors (Lipinski definition) is 2. The highest BCUT2D eigenvalue weighted by atomic mass is 16.5. The van der Waals surface area contributed by atoms with E-state index < -0.39 is 0 Å². The Morgan fingerprint density at radius 3 is 2.04 bits per heavy atom. The quantitative estimate of drug-likeness (QED) is 0.575. The van der Waals surface area contributed by atoms with Gasteiger partial charge < -0.3 is 5.21 Å². The molecule has 0 radical (unpaired) electrons. The van der Waals surface area contributed by atoms with Crippen LogP contribution in [0.15, 0.2) is 30.3 Å². The second-order valence-electron chi connectivity index (χ2n) is 8.31. The average Bonchev–Trinajstić information content (AvgIpc) is 3.00. The van der Waals surface area contributed by atoms with Gasteiger partial charge in [-0.1, -0.05) is 56.7 Å². The molecule has 2 aliphatic rings. The topological polar surface area (TPSA) is 44.8 Å². The van der Waals surface area contributed by atoms with Gasteiger partial charge >= 0.3 is 0 Å². The predicted molar refractivity (Wildman–Crippen MR) is 103 cm³/mol. The van der Waals surface area contributed by atoms with Crippen LogP contribution in [0.3, 0.4) is 0 Å². The van der Waals surface area contributed by atoms with Crippen LogP contribution in [0.1, 0.15) is 75.6 Å². The third-order valence-corrected chi connectivity index (χ3v) is 6.35. The first-order valence-electron chi connectivity index (χ1n) is 10.6. The number of para-hydroxylation sites is 1. The number of rotatable bonds is 5. The summed E-state index contributed by atoms with van der Waals surface area (Å²) >= 11 is 0. The van der Waals surface area contributed by atoms with Crippen molar-refractivity contribution in [2.75, 3.05) is 0 Å². The van der Waals surface area contributed by atoms with Crippen molar-refractivity contribution in [3.63, 3.8) is 0 Å². The molecule has 0 amide bonds. The highest BCUT2D eigenvalue weighted by Crippen LogP contribution is 2.30. The lowest BCUT2D eigenvalue weighted by Gasteiger charge is -2.22. The largest absolute Gasteiger partial charge is 0.692 e. The van der Waals surface area contributed by atoms with E-state index >= 15 is 0 Å². The van der Waals surface area contributed by atoms with Gasteiger partial charge in [-0.3, -0.25) is 0 Å². The van der Waals surface area contributed by atoms with Gasteiger partial charge in [0.15, 0.2) is 5.69 Å². The second-order valence-corrected chi connectivity index (χ2v) is 8.31. The van der Waals surface area contributed by atoms with E-state index in [0.29, 0.717) is 11.8 Å². The fourth-order valence-corrected chi connectivity index (χ4v) is 4.85. The molecule has 140 valence electrons. The fourth-order valence-electron chi connectivity index (χ4n) is 4.85. The molecule has 2 fully saturated rings. The van der Waals surface area contributed by atoms with Gasteiger partial charge in [0.2, 0.25) is 5.69 Å². The molecule has 0 bridgehead atoms. The van der Waals surface area contributed by atoms with Crippen LogP contribution in [0.4, 0.5) is 0 Å². The maximum Gasteiger partial charge on any atom is 0.223 e. The average molecular weight is 354 g/mol. The van der Waals surface area contributed by atoms with E-state index in [4.69, 9.17) is 5.10 Å². The first-order chi connectivity index (χ1) is 12.8. The molecule has 4 rings (SSSR count). The lowest BCUT2D eigenvalue weighted by Crippen LogP contribution is -2.41. The van der Waals surface area contributed by atoms with E-state index in [9.17, 15) is 5.21 Å². The van der Waals surface area contributed by atoms with Crippen molar-refractivity contribution in [3.05, 3.63) is 46.9 Å². The lowest BCUT2D eigenvalue weighted by molar-refractivity contribution is -0.696. The Labute approximate surface area is 156 Å². The minimum absolute atomic E-state index is 0.655. The Bertz CT molecular complexity index is 698. The molecule has 0 spiro atoms. The van der Waals surface area contributed by atoms with Crippen LogP contribution < -0.4 is 4.85 Å². The Morgan fingerprint density at radius 1 is 0.846 bits per heavy atom. The maximum atomic E-state index is 13.1. The predicted octanol–water partition coefficient (Wildman–Crippen LogP) is 4.75. The van der Waals surface area contributed by atoms with Crippen LogP contribution in [-0.2, 0) is 12.8 Å². The van der Waals surface area contributed by atoms with Crippen molar-refractivity contribution >= 4 is 0 Å². The Morgan fingerprint density at radius 2 is 1.42 bits per heavy atom. The number of benzene rings is 1. The molecule has 2 aliphatic carbocycles. The summed E-state index contributed by atoms with van der Waals surface area (Å²) < 4.78 is 0. The van der Waals surface area contributed by atoms with Crippen molar-refractivity contribution in [3.8, 4) is 5.69 Å². The molecule has 1 aromatic heterocycles. The van der Waals surface area contributed by atoms with E-state index in [1.54, 1.807) is 4.80 Å². The van der Waals surface area contributed by atoms with Crippen molar-refractivity contribution in [2.45, 2.75) is 77.0 Å². The standard InChI is InChI=1S/C22H31N3O/c26-25-22(17-19-12-6-2-7-13-19)21(16-18-10-4-1-5-11-18)23-24(25)20-14-8-3-9-15-20/h3,8-9,14-15,18-19H,1-2,4-7,10-13,16-17H2. The summed E-state index contributed by atoms with van der Waals surface area (Å²) in [4.78, 5) is 2.67. The monoisotopic (exact) mass is 353 g/mol. The zero-order chi connectivity index (χ0) is 17.8. The second kappa shape index (κ2) is 8.24. The van der Waals surface area contributed by atoms with Crippen LogP contribution in [-0.4, -0.2) is 9.90 Å². The molecule has 0 N–H and O–H groups in total. The van der Waals surface area contributed by atoms with Crippen molar-refractivity contribution in [1.29, 1.82) is 0 Å². The Kier molecular flexibility index (Phi) is 5.57. The molecule has 1 aromatic carbocycles. The molecule has 26 heavy (non-hydrogen) atoms. The van der Waals surface area contributed by atoms with Gasteiger partial charge in [-0.2, -0.15) is 0 Å². The molecular formula is C22H31N3O. The van der Waals surface area contributed by atoms with Gasteiger partial charge in [0.25, 0.3) is 0 Å². The summed E-state index contributed by atoms with van der Waals surface area (Å²) in [6.45, 7) is 0. The molecule has 0 unspecified atom stereocenters. The summed E-state index contributed by atoms with van der Waals surface area (Å²) in [6.07, 6.45) is 15.0. The van der Waals surface area contributed by atoms with Gasteiger partial charge in [0.1, 0.15) is 5.69 Å². The summed E-state index contributed by atoms with van der Waals surface area (Å²) in [7, 11) is 0. The van der Waals surface area contributed by atoms with E-state index in [2.05, 4.69) is 0 Å². The zero-order valence-corrected chi connectivity index (χ0v) is 15.8. The minimum Gasteiger partial charge on any atom is -0.692 e. The number of aromatic nitrogens is 3. The normalized spacial score (nSPS) is 19.7. The lowest BCUT2D eigenvalue weighted by atomic mass is 9.83. The highest BCUT2D eigenvalue weighted by Gasteiger charge is 2.29. The summed E-state index contributed by atoms with van der Waals surface area (Å²) in [6, 6.07) is 9.86. The first kappa shape index (κ1) is 17.6. The maximum absolute atomic E-state index is 13.1. The minimum atomic E-state index is 0.655. The number of hydrogen-bond donors (Lipinski definition) is 0. The summed E-state index contributed by atoms with van der Waals surface area (Å²) in [5, 5.41) is 17.9. The van der Waals surface area contributed by atoms with Gasteiger partial charge in [0.05, 0.1) is 0 Å². The van der Waals surface area contributed by atoms with Crippen molar-refractivity contribution in [1.82, 2.24) is 9.90 Å². The molecule has 2 saturated carbocycles. The molecule has 2 aromatic rings. The Balaban J connectivity index is 1.62. The summed E-state index contributed by atoms with van der Waals surface area (Å²) in [5.74, 6) is 1.36. The number of nitrogens with zero attached hydrogens (tertiary/aromatic N) is 3. The third kappa shape index (κ3) is 3.94. The zero-order valence-electron chi connectivity index (χ0n) is 15.8. The van der Waals surface area contributed by atoms with Crippen molar-refractivity contribution in [2.24, 2.45) is 11.8 Å². The molecule has 0 saturated heterocycles. The SMILES string of the molecule is [O-][n+]1c(CC2CCCCC2)c(CC2CCCCC2)nn1-c1ccccc1. The molecule has 0 atom stereocenters. The first-order valence-corrected chi connectivity index (χ1v) is 10.6. The van der Waals surface area contributed by atoms with Crippen LogP contribution in [0.2, 0.25) is 0 Å². The van der Waals surface area contributed by atoms with Crippen molar-refractivity contribution < 1.29 is 4.85 Å². The fraction of sp³-hybridized carbons (Fsp3) is 0.636.